The molecule has 2 heterocycles. The van der Waals surface area contributed by atoms with Crippen LogP contribution in [0.25, 0.3) is 5.70 Å². The first-order valence-corrected chi connectivity index (χ1v) is 10.5. The number of hydrazine groups is 1. The van der Waals surface area contributed by atoms with Crippen molar-refractivity contribution >= 4 is 21.4 Å². The lowest BCUT2D eigenvalue weighted by Gasteiger charge is -2.26. The third kappa shape index (κ3) is 3.95. The second kappa shape index (κ2) is 7.24. The van der Waals surface area contributed by atoms with E-state index in [-0.39, 0.29) is 12.1 Å². The van der Waals surface area contributed by atoms with E-state index in [0.717, 1.165) is 6.20 Å². The Morgan fingerprint density at radius 1 is 1.35 bits per heavy atom. The van der Waals surface area contributed by atoms with Gasteiger partial charge in [-0.2, -0.15) is 13.9 Å². The number of nitrogens with two attached hydrogens (primary N) is 1. The molecule has 4 rings (SSSR count). The molecule has 0 bridgehead atoms. The first-order chi connectivity index (χ1) is 14.5. The molecule has 0 amide bonds. The average Bonchev–Trinajstić information content (AvgIpc) is 3.33. The monoisotopic (exact) mass is 455 g/mol. The molecule has 0 radical (unpaired) electrons. The summed E-state index contributed by atoms with van der Waals surface area (Å²) < 4.78 is 78.8. The van der Waals surface area contributed by atoms with E-state index in [1.165, 1.54) is 18.3 Å². The molecule has 1 unspecified atom stereocenters. The van der Waals surface area contributed by atoms with Gasteiger partial charge in [-0.25, -0.2) is 27.0 Å². The minimum absolute atomic E-state index is 0.0513. The van der Waals surface area contributed by atoms with Gasteiger partial charge in [-0.3, -0.25) is 10.4 Å². The number of benzene rings is 1. The normalized spacial score (nSPS) is 20.9. The molecule has 1 aliphatic heterocycles. The van der Waals surface area contributed by atoms with E-state index < -0.39 is 39.4 Å². The molecule has 0 saturated heterocycles. The average molecular weight is 455 g/mol. The van der Waals surface area contributed by atoms with Crippen LogP contribution in [0.5, 0.6) is 0 Å². The number of sulfonamides is 1. The highest BCUT2D eigenvalue weighted by Crippen LogP contribution is 2.42. The number of aromatic nitrogens is 2. The molecule has 1 aliphatic carbocycles. The lowest BCUT2D eigenvalue weighted by atomic mass is 9.87. The molecule has 1 aromatic carbocycles. The molecular formula is C19H17F4N5O2S. The molecule has 0 spiro atoms. The molecule has 2 aliphatic rings. The van der Waals surface area contributed by atoms with Crippen LogP contribution in [-0.4, -0.2) is 23.2 Å². The number of primary sulfonamides is 1. The number of nitrogens with zero attached hydrogens (tertiary/aromatic N) is 3. The number of rotatable bonds is 5. The lowest BCUT2D eigenvalue weighted by molar-refractivity contribution is 0.0565. The van der Waals surface area contributed by atoms with Gasteiger partial charge in [0.2, 0.25) is 10.0 Å². The Balaban J connectivity index is 1.58. The van der Waals surface area contributed by atoms with Crippen LogP contribution in [0, 0.1) is 0 Å². The largest absolute Gasteiger partial charge is 0.333 e. The predicted octanol–water partition coefficient (Wildman–Crippen LogP) is 3.69. The van der Waals surface area contributed by atoms with Crippen molar-refractivity contribution in [2.75, 3.05) is 5.43 Å². The molecule has 1 aromatic heterocycles. The third-order valence-electron chi connectivity index (χ3n) is 5.09. The van der Waals surface area contributed by atoms with Crippen LogP contribution in [0.1, 0.15) is 29.7 Å². The van der Waals surface area contributed by atoms with Crippen LogP contribution >= 0.6 is 0 Å². The quantitative estimate of drug-likeness (QED) is 0.671. The maximum atomic E-state index is 15.6. The summed E-state index contributed by atoms with van der Waals surface area (Å²) in [6.07, 6.45) is 3.18. The number of hydrogen-bond acceptors (Lipinski definition) is 5. The summed E-state index contributed by atoms with van der Waals surface area (Å²) >= 11 is 0. The van der Waals surface area contributed by atoms with Crippen molar-refractivity contribution in [3.8, 4) is 0 Å². The standard InChI is InChI=1S/C19H17F4N5O2S/c1-11(13-8-25-28(10-13)18(21)22)27-9-12-4-14(2-3-17(12)26-27)19(23)6-15(20)5-16(7-19)31(24,29)30/h2-6,8,10,18,26H,1,7,9H2,(H2,24,29,30). The highest BCUT2D eigenvalue weighted by molar-refractivity contribution is 7.93. The van der Waals surface area contributed by atoms with Crippen molar-refractivity contribution in [2.45, 2.75) is 25.2 Å². The van der Waals surface area contributed by atoms with Crippen LogP contribution in [0.3, 0.4) is 0 Å². The Morgan fingerprint density at radius 2 is 2.10 bits per heavy atom. The van der Waals surface area contributed by atoms with E-state index in [0.29, 0.717) is 39.3 Å². The summed E-state index contributed by atoms with van der Waals surface area (Å²) in [5.41, 5.74) is 2.63. The zero-order valence-electron chi connectivity index (χ0n) is 15.9. The molecule has 0 fully saturated rings. The van der Waals surface area contributed by atoms with Crippen molar-refractivity contribution in [3.05, 3.63) is 76.7 Å². The Morgan fingerprint density at radius 3 is 2.74 bits per heavy atom. The first-order valence-electron chi connectivity index (χ1n) is 8.96. The smallest absolute Gasteiger partial charge is 0.298 e. The van der Waals surface area contributed by atoms with Gasteiger partial charge in [0.1, 0.15) is 5.83 Å². The summed E-state index contributed by atoms with van der Waals surface area (Å²) in [6.45, 7) is 1.31. The van der Waals surface area contributed by atoms with Crippen LogP contribution < -0.4 is 10.6 Å². The van der Waals surface area contributed by atoms with E-state index in [1.807, 2.05) is 0 Å². The van der Waals surface area contributed by atoms with E-state index in [2.05, 4.69) is 17.1 Å². The third-order valence-corrected chi connectivity index (χ3v) is 6.09. The van der Waals surface area contributed by atoms with Gasteiger partial charge in [-0.1, -0.05) is 12.6 Å². The zero-order valence-corrected chi connectivity index (χ0v) is 16.7. The van der Waals surface area contributed by atoms with Crippen molar-refractivity contribution < 1.29 is 26.0 Å². The Bertz CT molecular complexity index is 1240. The molecule has 0 saturated carbocycles. The van der Waals surface area contributed by atoms with Crippen molar-refractivity contribution in [3.63, 3.8) is 0 Å². The Labute approximate surface area is 175 Å². The Hall–Kier alpha value is -3.12. The van der Waals surface area contributed by atoms with Gasteiger partial charge in [-0.15, -0.1) is 0 Å². The van der Waals surface area contributed by atoms with Gasteiger partial charge in [-0.05, 0) is 35.4 Å². The number of alkyl halides is 3. The summed E-state index contributed by atoms with van der Waals surface area (Å²) in [7, 11) is -4.26. The fourth-order valence-corrected chi connectivity index (χ4v) is 4.19. The van der Waals surface area contributed by atoms with Crippen LogP contribution in [-0.2, 0) is 22.2 Å². The minimum atomic E-state index is -4.26. The molecular weight excluding hydrogens is 438 g/mol. The van der Waals surface area contributed by atoms with Gasteiger partial charge in [0, 0.05) is 18.2 Å². The molecule has 3 N–H and O–H groups in total. The fourth-order valence-electron chi connectivity index (χ4n) is 3.50. The molecule has 12 heteroatoms. The van der Waals surface area contributed by atoms with Crippen molar-refractivity contribution in [2.24, 2.45) is 5.14 Å². The van der Waals surface area contributed by atoms with E-state index in [9.17, 15) is 21.6 Å². The second-order valence-electron chi connectivity index (χ2n) is 7.23. The summed E-state index contributed by atoms with van der Waals surface area (Å²) in [6, 6.07) is 4.44. The van der Waals surface area contributed by atoms with E-state index in [1.54, 1.807) is 11.1 Å². The van der Waals surface area contributed by atoms with E-state index >= 15 is 4.39 Å². The summed E-state index contributed by atoms with van der Waals surface area (Å²) in [4.78, 5) is -0.542. The number of allylic oxidation sites excluding steroid dienone is 4. The van der Waals surface area contributed by atoms with Gasteiger partial charge >= 0.3 is 6.55 Å². The van der Waals surface area contributed by atoms with Gasteiger partial charge < -0.3 is 0 Å². The molecule has 7 nitrogen and oxygen atoms in total. The minimum Gasteiger partial charge on any atom is -0.298 e. The van der Waals surface area contributed by atoms with Gasteiger partial charge in [0.25, 0.3) is 0 Å². The zero-order chi connectivity index (χ0) is 22.6. The highest BCUT2D eigenvalue weighted by atomic mass is 32.2. The van der Waals surface area contributed by atoms with Gasteiger partial charge in [0.15, 0.2) is 5.67 Å². The van der Waals surface area contributed by atoms with E-state index in [4.69, 9.17) is 5.14 Å². The fraction of sp³-hybridized carbons (Fsp3) is 0.211. The number of halogens is 4. The maximum Gasteiger partial charge on any atom is 0.333 e. The lowest BCUT2D eigenvalue weighted by Crippen LogP contribution is -2.26. The summed E-state index contributed by atoms with van der Waals surface area (Å²) in [5.74, 6) is -1.04. The number of anilines is 1. The van der Waals surface area contributed by atoms with Gasteiger partial charge in [0.05, 0.1) is 29.0 Å². The van der Waals surface area contributed by atoms with Crippen LogP contribution in [0.2, 0.25) is 0 Å². The topological polar surface area (TPSA) is 93.2 Å². The second-order valence-corrected chi connectivity index (χ2v) is 8.84. The Kier molecular flexibility index (Phi) is 4.93. The van der Waals surface area contributed by atoms with Crippen molar-refractivity contribution in [1.29, 1.82) is 0 Å². The van der Waals surface area contributed by atoms with Crippen LogP contribution in [0.4, 0.5) is 23.2 Å². The molecule has 1 atom stereocenters. The molecule has 2 aromatic rings. The first kappa shape index (κ1) is 21.1. The molecule has 31 heavy (non-hydrogen) atoms. The van der Waals surface area contributed by atoms with Crippen LogP contribution in [0.15, 0.2) is 60.1 Å². The molecule has 164 valence electrons. The summed E-state index contributed by atoms with van der Waals surface area (Å²) in [5, 5.41) is 10.2. The maximum absolute atomic E-state index is 15.6. The van der Waals surface area contributed by atoms with Crippen molar-refractivity contribution in [1.82, 2.24) is 14.8 Å². The number of fused-ring (bicyclic) bond motifs is 1. The highest BCUT2D eigenvalue weighted by Gasteiger charge is 2.38. The predicted molar refractivity (Wildman–Crippen MR) is 106 cm³/mol. The SMILES string of the molecule is C=C(c1cnn(C(F)F)c1)N1Cc2cc(C3(F)C=C(F)C=C(S(N)(=O)=O)C3)ccc2N1. The number of hydrogen-bond donors (Lipinski definition) is 2. The number of nitrogens with one attached hydrogen (secondary N) is 1.